The molecule has 116 valence electrons. The number of alkyl halides is 3. The van der Waals surface area contributed by atoms with Crippen LogP contribution in [0, 0.1) is 11.7 Å². The molecule has 1 amide bonds. The molecule has 0 aromatic heterocycles. The Bertz CT molecular complexity index is 510. The van der Waals surface area contributed by atoms with Crippen LogP contribution in [-0.4, -0.2) is 25.7 Å². The van der Waals surface area contributed by atoms with E-state index in [-0.39, 0.29) is 6.54 Å². The summed E-state index contributed by atoms with van der Waals surface area (Å²) in [5.74, 6) is -2.04. The van der Waals surface area contributed by atoms with Crippen LogP contribution >= 0.6 is 0 Å². The van der Waals surface area contributed by atoms with Gasteiger partial charge in [-0.1, -0.05) is 6.07 Å². The van der Waals surface area contributed by atoms with Gasteiger partial charge in [-0.3, -0.25) is 4.79 Å². The van der Waals surface area contributed by atoms with Crippen LogP contribution in [-0.2, 0) is 10.9 Å². The van der Waals surface area contributed by atoms with Crippen LogP contribution in [0.5, 0.6) is 0 Å². The zero-order valence-electron chi connectivity index (χ0n) is 11.2. The van der Waals surface area contributed by atoms with Crippen LogP contribution < -0.4 is 5.32 Å². The summed E-state index contributed by atoms with van der Waals surface area (Å²) in [5, 5.41) is 2.44. The van der Waals surface area contributed by atoms with Crippen molar-refractivity contribution in [2.24, 2.45) is 5.92 Å². The molecule has 1 aromatic rings. The van der Waals surface area contributed by atoms with Crippen molar-refractivity contribution in [3.63, 3.8) is 0 Å². The summed E-state index contributed by atoms with van der Waals surface area (Å²) in [7, 11) is 0. The van der Waals surface area contributed by atoms with Gasteiger partial charge in [-0.2, -0.15) is 13.2 Å². The Morgan fingerprint density at radius 2 is 2.14 bits per heavy atom. The quantitative estimate of drug-likeness (QED) is 0.869. The Morgan fingerprint density at radius 3 is 2.76 bits per heavy atom. The van der Waals surface area contributed by atoms with Crippen LogP contribution in [0.15, 0.2) is 18.2 Å². The highest BCUT2D eigenvalue weighted by atomic mass is 19.4. The van der Waals surface area contributed by atoms with Crippen molar-refractivity contribution in [3.8, 4) is 0 Å². The fraction of sp³-hybridized carbons (Fsp3) is 0.500. The SMILES string of the molecule is O=C(NCCC1CCOC1)c1cccc(C(F)(F)F)c1F. The van der Waals surface area contributed by atoms with E-state index in [1.807, 2.05) is 0 Å². The maximum atomic E-state index is 13.7. The second-order valence-electron chi connectivity index (χ2n) is 4.94. The maximum Gasteiger partial charge on any atom is 0.419 e. The number of hydrogen-bond acceptors (Lipinski definition) is 2. The van der Waals surface area contributed by atoms with Gasteiger partial charge in [-0.15, -0.1) is 0 Å². The first kappa shape index (κ1) is 15.8. The number of halogens is 4. The van der Waals surface area contributed by atoms with E-state index < -0.39 is 29.0 Å². The van der Waals surface area contributed by atoms with Gasteiger partial charge in [0.1, 0.15) is 5.82 Å². The molecule has 1 saturated heterocycles. The summed E-state index contributed by atoms with van der Waals surface area (Å²) in [6, 6.07) is 2.67. The molecule has 0 radical (unpaired) electrons. The fourth-order valence-corrected chi connectivity index (χ4v) is 2.22. The molecule has 1 unspecified atom stereocenters. The summed E-state index contributed by atoms with van der Waals surface area (Å²) in [6.07, 6.45) is -3.26. The summed E-state index contributed by atoms with van der Waals surface area (Å²) in [4.78, 5) is 11.8. The Morgan fingerprint density at radius 1 is 1.38 bits per heavy atom. The molecule has 1 N–H and O–H groups in total. The number of benzene rings is 1. The molecule has 1 aromatic carbocycles. The smallest absolute Gasteiger partial charge is 0.381 e. The van der Waals surface area contributed by atoms with Crippen molar-refractivity contribution >= 4 is 5.91 Å². The standard InChI is InChI=1S/C14H15F4NO2/c15-12-10(2-1-3-11(12)14(16,17)18)13(20)19-6-4-9-5-7-21-8-9/h1-3,9H,4-8H2,(H,19,20). The largest absolute Gasteiger partial charge is 0.419 e. The van der Waals surface area contributed by atoms with Gasteiger partial charge in [0.05, 0.1) is 11.1 Å². The molecule has 0 spiro atoms. The number of hydrogen-bond donors (Lipinski definition) is 1. The molecule has 1 fully saturated rings. The lowest BCUT2D eigenvalue weighted by atomic mass is 10.0. The average molecular weight is 305 g/mol. The van der Waals surface area contributed by atoms with Crippen molar-refractivity contribution < 1.29 is 27.1 Å². The summed E-state index contributed by atoms with van der Waals surface area (Å²) < 4.78 is 56.6. The van der Waals surface area contributed by atoms with Gasteiger partial charge in [-0.25, -0.2) is 4.39 Å². The molecule has 1 atom stereocenters. The summed E-state index contributed by atoms with van der Waals surface area (Å²) in [6.45, 7) is 1.58. The highest BCUT2D eigenvalue weighted by Crippen LogP contribution is 2.32. The Labute approximate surface area is 119 Å². The number of amides is 1. The minimum Gasteiger partial charge on any atom is -0.381 e. The maximum absolute atomic E-state index is 13.7. The molecule has 1 aliphatic rings. The van der Waals surface area contributed by atoms with Crippen molar-refractivity contribution in [3.05, 3.63) is 35.1 Å². The first-order valence-corrected chi connectivity index (χ1v) is 6.61. The van der Waals surface area contributed by atoms with E-state index in [4.69, 9.17) is 4.74 Å². The predicted molar refractivity (Wildman–Crippen MR) is 67.3 cm³/mol. The second-order valence-corrected chi connectivity index (χ2v) is 4.94. The van der Waals surface area contributed by atoms with Gasteiger partial charge < -0.3 is 10.1 Å². The predicted octanol–water partition coefficient (Wildman–Crippen LogP) is 3.00. The molecule has 2 rings (SSSR count). The molecular formula is C14H15F4NO2. The van der Waals surface area contributed by atoms with Gasteiger partial charge in [-0.05, 0) is 30.9 Å². The van der Waals surface area contributed by atoms with E-state index in [0.717, 1.165) is 18.6 Å². The zero-order valence-corrected chi connectivity index (χ0v) is 11.2. The molecule has 1 heterocycles. The number of carbonyl (C=O) groups excluding carboxylic acids is 1. The average Bonchev–Trinajstić information content (AvgIpc) is 2.90. The number of nitrogens with one attached hydrogen (secondary N) is 1. The summed E-state index contributed by atoms with van der Waals surface area (Å²) >= 11 is 0. The molecule has 0 bridgehead atoms. The van der Waals surface area contributed by atoms with Crippen LogP contribution in [0.2, 0.25) is 0 Å². The molecule has 1 aliphatic heterocycles. The molecule has 7 heteroatoms. The van der Waals surface area contributed by atoms with Crippen LogP contribution in [0.3, 0.4) is 0 Å². The van der Waals surface area contributed by atoms with Gasteiger partial charge >= 0.3 is 6.18 Å². The molecule has 3 nitrogen and oxygen atoms in total. The molecular weight excluding hydrogens is 290 g/mol. The topological polar surface area (TPSA) is 38.3 Å². The normalized spacial score (nSPS) is 18.8. The van der Waals surface area contributed by atoms with E-state index in [9.17, 15) is 22.4 Å². The minimum atomic E-state index is -4.82. The lowest BCUT2D eigenvalue weighted by molar-refractivity contribution is -0.140. The van der Waals surface area contributed by atoms with Crippen molar-refractivity contribution in [1.82, 2.24) is 5.32 Å². The number of rotatable bonds is 4. The van der Waals surface area contributed by atoms with Gasteiger partial charge in [0.25, 0.3) is 5.91 Å². The van der Waals surface area contributed by atoms with E-state index in [1.54, 1.807) is 0 Å². The first-order valence-electron chi connectivity index (χ1n) is 6.61. The fourth-order valence-electron chi connectivity index (χ4n) is 2.22. The minimum absolute atomic E-state index is 0.280. The van der Waals surface area contributed by atoms with Crippen molar-refractivity contribution in [2.75, 3.05) is 19.8 Å². The van der Waals surface area contributed by atoms with Crippen LogP contribution in [0.1, 0.15) is 28.8 Å². The van der Waals surface area contributed by atoms with Crippen molar-refractivity contribution in [1.29, 1.82) is 0 Å². The molecule has 0 aliphatic carbocycles. The van der Waals surface area contributed by atoms with Crippen molar-refractivity contribution in [2.45, 2.75) is 19.0 Å². The third kappa shape index (κ3) is 3.93. The number of ether oxygens (including phenoxy) is 1. The van der Waals surface area contributed by atoms with E-state index in [1.165, 1.54) is 0 Å². The van der Waals surface area contributed by atoms with Gasteiger partial charge in [0.15, 0.2) is 0 Å². The van der Waals surface area contributed by atoms with Gasteiger partial charge in [0.2, 0.25) is 0 Å². The van der Waals surface area contributed by atoms with Gasteiger partial charge in [0, 0.05) is 19.8 Å². The van der Waals surface area contributed by atoms with Crippen LogP contribution in [0.25, 0.3) is 0 Å². The van der Waals surface area contributed by atoms with Crippen LogP contribution in [0.4, 0.5) is 17.6 Å². The second kappa shape index (κ2) is 6.43. The Balaban J connectivity index is 1.98. The third-order valence-corrected chi connectivity index (χ3v) is 3.41. The third-order valence-electron chi connectivity index (χ3n) is 3.41. The van der Waals surface area contributed by atoms with E-state index in [2.05, 4.69) is 5.32 Å². The molecule has 0 saturated carbocycles. The highest BCUT2D eigenvalue weighted by Gasteiger charge is 2.35. The Kier molecular flexibility index (Phi) is 4.82. The summed E-state index contributed by atoms with van der Waals surface area (Å²) in [5.41, 5.74) is -2.02. The Hall–Kier alpha value is -1.63. The monoisotopic (exact) mass is 305 g/mol. The highest BCUT2D eigenvalue weighted by molar-refractivity contribution is 5.94. The lowest BCUT2D eigenvalue weighted by Gasteiger charge is -2.12. The molecule has 21 heavy (non-hydrogen) atoms. The lowest BCUT2D eigenvalue weighted by Crippen LogP contribution is -2.27. The van der Waals surface area contributed by atoms with E-state index >= 15 is 0 Å². The van der Waals surface area contributed by atoms with E-state index in [0.29, 0.717) is 31.6 Å². The zero-order chi connectivity index (χ0) is 15.5. The number of carbonyl (C=O) groups is 1. The first-order chi connectivity index (χ1) is 9.89.